The van der Waals surface area contributed by atoms with Crippen molar-refractivity contribution in [3.05, 3.63) is 75.8 Å². The standard InChI is InChI=1S/C26H27ClN2O5S2/c1-26(2,31)22(30)11-10-17-6-4-7-18(14-17)15-29-20-8-5-9-21(34-3)25(20)19(28-29)16-36(32,33)24-13-12-23(27)35-24/h4-9,12-14,31H,10-11,15-16H2,1-3H3. The number of Topliss-reactive ketones (excluding diaryl/α,β-unsaturated/α-hetero) is 1. The molecule has 36 heavy (non-hydrogen) atoms. The van der Waals surface area contributed by atoms with Crippen molar-refractivity contribution in [2.24, 2.45) is 0 Å². The molecule has 190 valence electrons. The number of aryl methyl sites for hydroxylation is 1. The normalized spacial score (nSPS) is 12.2. The number of carbonyl (C=O) groups is 1. The zero-order valence-electron chi connectivity index (χ0n) is 20.2. The Balaban J connectivity index is 1.65. The van der Waals surface area contributed by atoms with E-state index in [1.54, 1.807) is 23.9 Å². The molecule has 2 aromatic carbocycles. The van der Waals surface area contributed by atoms with Crippen molar-refractivity contribution in [3.63, 3.8) is 0 Å². The van der Waals surface area contributed by atoms with E-state index in [0.717, 1.165) is 28.0 Å². The highest BCUT2D eigenvalue weighted by molar-refractivity contribution is 7.92. The topological polar surface area (TPSA) is 98.5 Å². The number of carbonyl (C=O) groups excluding carboxylic acids is 1. The van der Waals surface area contributed by atoms with Crippen molar-refractivity contribution in [3.8, 4) is 5.75 Å². The second kappa shape index (κ2) is 10.3. The Morgan fingerprint density at radius 3 is 2.53 bits per heavy atom. The molecule has 2 aromatic heterocycles. The van der Waals surface area contributed by atoms with Gasteiger partial charge >= 0.3 is 0 Å². The van der Waals surface area contributed by atoms with Gasteiger partial charge in [0.1, 0.15) is 21.3 Å². The summed E-state index contributed by atoms with van der Waals surface area (Å²) in [5.74, 6) is 0.0512. The van der Waals surface area contributed by atoms with Gasteiger partial charge < -0.3 is 9.84 Å². The highest BCUT2D eigenvalue weighted by Gasteiger charge is 2.25. The fraction of sp³-hybridized carbons (Fsp3) is 0.308. The first kappa shape index (κ1) is 26.3. The smallest absolute Gasteiger partial charge is 0.193 e. The van der Waals surface area contributed by atoms with Gasteiger partial charge in [-0.2, -0.15) is 5.10 Å². The van der Waals surface area contributed by atoms with Gasteiger partial charge in [0, 0.05) is 6.42 Å². The second-order valence-electron chi connectivity index (χ2n) is 9.08. The van der Waals surface area contributed by atoms with Gasteiger partial charge in [0.05, 0.1) is 34.6 Å². The SMILES string of the molecule is COc1cccc2c1c(CS(=O)(=O)c1ccc(Cl)s1)nn2Cc1cccc(CCC(=O)C(C)(C)O)c1. The molecule has 4 aromatic rings. The molecule has 0 spiro atoms. The predicted molar refractivity (Wildman–Crippen MR) is 142 cm³/mol. The average molecular weight is 547 g/mol. The van der Waals surface area contributed by atoms with Gasteiger partial charge in [0.2, 0.25) is 0 Å². The molecular weight excluding hydrogens is 520 g/mol. The molecule has 0 unspecified atom stereocenters. The molecule has 10 heteroatoms. The van der Waals surface area contributed by atoms with E-state index in [-0.39, 0.29) is 22.2 Å². The number of methoxy groups -OCH3 is 1. The molecule has 1 N–H and O–H groups in total. The van der Waals surface area contributed by atoms with E-state index in [0.29, 0.717) is 34.1 Å². The Morgan fingerprint density at radius 2 is 1.86 bits per heavy atom. The van der Waals surface area contributed by atoms with Gasteiger partial charge in [0.25, 0.3) is 0 Å². The molecule has 0 fully saturated rings. The Labute approximate surface area is 219 Å². The summed E-state index contributed by atoms with van der Waals surface area (Å²) in [4.78, 5) is 12.1. The van der Waals surface area contributed by atoms with Crippen LogP contribution in [0.1, 0.15) is 37.1 Å². The molecule has 4 rings (SSSR count). The van der Waals surface area contributed by atoms with Crippen LogP contribution in [0.3, 0.4) is 0 Å². The number of nitrogens with zero attached hydrogens (tertiary/aromatic N) is 2. The molecule has 0 saturated carbocycles. The molecule has 0 atom stereocenters. The number of hydrogen-bond acceptors (Lipinski definition) is 7. The molecule has 0 aliphatic carbocycles. The van der Waals surface area contributed by atoms with Crippen LogP contribution in [-0.2, 0) is 33.4 Å². The summed E-state index contributed by atoms with van der Waals surface area (Å²) >= 11 is 6.98. The molecule has 0 radical (unpaired) electrons. The van der Waals surface area contributed by atoms with Crippen LogP contribution >= 0.6 is 22.9 Å². The summed E-state index contributed by atoms with van der Waals surface area (Å²) in [5.41, 5.74) is 1.73. The van der Waals surface area contributed by atoms with Crippen molar-refractivity contribution in [2.75, 3.05) is 7.11 Å². The Morgan fingerprint density at radius 1 is 1.14 bits per heavy atom. The summed E-state index contributed by atoms with van der Waals surface area (Å²) in [6, 6.07) is 16.4. The summed E-state index contributed by atoms with van der Waals surface area (Å²) in [6.07, 6.45) is 0.751. The fourth-order valence-electron chi connectivity index (χ4n) is 4.00. The Kier molecular flexibility index (Phi) is 7.56. The second-order valence-corrected chi connectivity index (χ2v) is 13.0. The summed E-state index contributed by atoms with van der Waals surface area (Å²) in [6.45, 7) is 3.39. The van der Waals surface area contributed by atoms with Crippen LogP contribution in [0.2, 0.25) is 4.34 Å². The largest absolute Gasteiger partial charge is 0.496 e. The molecule has 0 amide bonds. The first-order valence-corrected chi connectivity index (χ1v) is 14.2. The number of aromatic nitrogens is 2. The third-order valence-corrected chi connectivity index (χ3v) is 9.30. The number of hydrogen-bond donors (Lipinski definition) is 1. The number of benzene rings is 2. The number of ether oxygens (including phenoxy) is 1. The van der Waals surface area contributed by atoms with E-state index < -0.39 is 15.4 Å². The number of thiophene rings is 1. The van der Waals surface area contributed by atoms with E-state index in [1.807, 2.05) is 36.4 Å². The van der Waals surface area contributed by atoms with Crippen LogP contribution in [0.25, 0.3) is 10.9 Å². The lowest BCUT2D eigenvalue weighted by Crippen LogP contribution is -2.31. The summed E-state index contributed by atoms with van der Waals surface area (Å²) < 4.78 is 34.1. The van der Waals surface area contributed by atoms with Crippen molar-refractivity contribution < 1.29 is 23.1 Å². The third kappa shape index (κ3) is 5.81. The van der Waals surface area contributed by atoms with Gasteiger partial charge in [-0.1, -0.05) is 41.9 Å². The fourth-order valence-corrected chi connectivity index (χ4v) is 6.85. The predicted octanol–water partition coefficient (Wildman–Crippen LogP) is 5.05. The van der Waals surface area contributed by atoms with Crippen molar-refractivity contribution in [2.45, 2.75) is 48.8 Å². The first-order chi connectivity index (χ1) is 17.0. The zero-order valence-corrected chi connectivity index (χ0v) is 22.6. The molecule has 0 bridgehead atoms. The molecule has 0 aliphatic heterocycles. The van der Waals surface area contributed by atoms with Crippen LogP contribution in [0, 0.1) is 0 Å². The lowest BCUT2D eigenvalue weighted by Gasteiger charge is -2.15. The summed E-state index contributed by atoms with van der Waals surface area (Å²) in [5, 5.41) is 15.2. The van der Waals surface area contributed by atoms with Gasteiger partial charge in [-0.25, -0.2) is 8.42 Å². The van der Waals surface area contributed by atoms with Crippen molar-refractivity contribution in [1.82, 2.24) is 9.78 Å². The molecule has 7 nitrogen and oxygen atoms in total. The van der Waals surface area contributed by atoms with Crippen molar-refractivity contribution >= 4 is 49.5 Å². The zero-order chi connectivity index (χ0) is 26.1. The summed E-state index contributed by atoms with van der Waals surface area (Å²) in [7, 11) is -2.11. The Hall–Kier alpha value is -2.72. The minimum atomic E-state index is -3.65. The molecule has 0 saturated heterocycles. The number of fused-ring (bicyclic) bond motifs is 1. The highest BCUT2D eigenvalue weighted by atomic mass is 35.5. The minimum absolute atomic E-state index is 0.193. The van der Waals surface area contributed by atoms with E-state index in [4.69, 9.17) is 16.3 Å². The number of aliphatic hydroxyl groups is 1. The maximum atomic E-state index is 13.1. The van der Waals surface area contributed by atoms with Crippen LogP contribution in [0.4, 0.5) is 0 Å². The average Bonchev–Trinajstić information content (AvgIpc) is 3.41. The van der Waals surface area contributed by atoms with E-state index >= 15 is 0 Å². The minimum Gasteiger partial charge on any atom is -0.496 e. The van der Waals surface area contributed by atoms with Crippen LogP contribution < -0.4 is 4.74 Å². The quantitative estimate of drug-likeness (QED) is 0.299. The molecule has 2 heterocycles. The number of sulfone groups is 1. The molecular formula is C26H27ClN2O5S2. The van der Waals surface area contributed by atoms with Crippen molar-refractivity contribution in [1.29, 1.82) is 0 Å². The number of rotatable bonds is 10. The van der Waals surface area contributed by atoms with Gasteiger partial charge in [-0.3, -0.25) is 9.48 Å². The maximum Gasteiger partial charge on any atom is 0.193 e. The van der Waals surface area contributed by atoms with Gasteiger partial charge in [-0.05, 0) is 55.7 Å². The van der Waals surface area contributed by atoms with E-state index in [9.17, 15) is 18.3 Å². The maximum absolute atomic E-state index is 13.1. The monoisotopic (exact) mass is 546 g/mol. The first-order valence-electron chi connectivity index (χ1n) is 11.3. The van der Waals surface area contributed by atoms with Crippen LogP contribution in [0.15, 0.2) is 58.8 Å². The number of ketones is 1. The van der Waals surface area contributed by atoms with Crippen LogP contribution in [-0.4, -0.2) is 41.8 Å². The van der Waals surface area contributed by atoms with Crippen LogP contribution in [0.5, 0.6) is 5.75 Å². The number of halogens is 1. The lowest BCUT2D eigenvalue weighted by molar-refractivity contribution is -0.134. The molecule has 0 aliphatic rings. The van der Waals surface area contributed by atoms with Gasteiger partial charge in [-0.15, -0.1) is 11.3 Å². The Bertz CT molecular complexity index is 1520. The highest BCUT2D eigenvalue weighted by Crippen LogP contribution is 2.33. The van der Waals surface area contributed by atoms with E-state index in [1.165, 1.54) is 19.9 Å². The van der Waals surface area contributed by atoms with Gasteiger partial charge in [0.15, 0.2) is 15.6 Å². The van der Waals surface area contributed by atoms with E-state index in [2.05, 4.69) is 5.10 Å². The lowest BCUT2D eigenvalue weighted by atomic mass is 9.97. The third-order valence-electron chi connectivity index (χ3n) is 5.86.